The summed E-state index contributed by atoms with van der Waals surface area (Å²) < 4.78 is 23.7. The van der Waals surface area contributed by atoms with Gasteiger partial charge in [0.2, 0.25) is 5.91 Å². The molecule has 0 bridgehead atoms. The molecule has 2 aromatic carbocycles. The molecule has 2 amide bonds. The Kier molecular flexibility index (Phi) is 6.44. The van der Waals surface area contributed by atoms with E-state index in [9.17, 15) is 18.8 Å². The molecular formula is C22H20FN3O5. The van der Waals surface area contributed by atoms with Gasteiger partial charge in [-0.25, -0.2) is 9.18 Å². The summed E-state index contributed by atoms with van der Waals surface area (Å²) >= 11 is 0. The number of hydrogen-bond acceptors (Lipinski definition) is 6. The molecule has 3 aromatic rings. The van der Waals surface area contributed by atoms with E-state index in [0.717, 1.165) is 0 Å². The molecule has 31 heavy (non-hydrogen) atoms. The van der Waals surface area contributed by atoms with Gasteiger partial charge < -0.3 is 20.1 Å². The molecule has 0 aliphatic rings. The topological polar surface area (TPSA) is 107 Å². The molecule has 8 nitrogen and oxygen atoms in total. The molecule has 160 valence electrons. The van der Waals surface area contributed by atoms with Crippen LogP contribution in [-0.2, 0) is 14.3 Å². The number of aromatic nitrogens is 1. The number of benzene rings is 2. The number of hydrogen-bond donors (Lipinski definition) is 2. The van der Waals surface area contributed by atoms with Crippen molar-refractivity contribution in [3.05, 3.63) is 59.5 Å². The Morgan fingerprint density at radius 2 is 1.84 bits per heavy atom. The SMILES string of the molecule is COc1ccc(NC(C)=O)cc1NC(=O)COC(=O)c1cc2ccc(F)cc2nc1C. The molecule has 0 saturated carbocycles. The van der Waals surface area contributed by atoms with Gasteiger partial charge in [-0.2, -0.15) is 0 Å². The lowest BCUT2D eigenvalue weighted by atomic mass is 10.1. The third-order valence-electron chi connectivity index (χ3n) is 4.32. The van der Waals surface area contributed by atoms with Crippen LogP contribution in [-0.4, -0.2) is 36.5 Å². The maximum atomic E-state index is 13.4. The van der Waals surface area contributed by atoms with Gasteiger partial charge in [-0.3, -0.25) is 14.6 Å². The number of carbonyl (C=O) groups excluding carboxylic acids is 3. The number of methoxy groups -OCH3 is 1. The Hall–Kier alpha value is -4.01. The predicted octanol–water partition coefficient (Wildman–Crippen LogP) is 3.44. The van der Waals surface area contributed by atoms with Crippen LogP contribution < -0.4 is 15.4 Å². The molecule has 0 atom stereocenters. The highest BCUT2D eigenvalue weighted by Crippen LogP contribution is 2.28. The highest BCUT2D eigenvalue weighted by molar-refractivity contribution is 5.99. The minimum atomic E-state index is -0.731. The second kappa shape index (κ2) is 9.21. The van der Waals surface area contributed by atoms with E-state index in [0.29, 0.717) is 33.7 Å². The first-order valence-corrected chi connectivity index (χ1v) is 9.26. The smallest absolute Gasteiger partial charge is 0.340 e. The summed E-state index contributed by atoms with van der Waals surface area (Å²) in [6.07, 6.45) is 0. The van der Waals surface area contributed by atoms with Gasteiger partial charge >= 0.3 is 5.97 Å². The van der Waals surface area contributed by atoms with E-state index in [1.807, 2.05) is 0 Å². The molecule has 0 spiro atoms. The number of amides is 2. The molecule has 9 heteroatoms. The van der Waals surface area contributed by atoms with E-state index < -0.39 is 24.3 Å². The minimum absolute atomic E-state index is 0.178. The zero-order chi connectivity index (χ0) is 22.5. The van der Waals surface area contributed by atoms with Crippen LogP contribution in [0.3, 0.4) is 0 Å². The van der Waals surface area contributed by atoms with Gasteiger partial charge in [0.1, 0.15) is 11.6 Å². The first kappa shape index (κ1) is 21.7. The third-order valence-corrected chi connectivity index (χ3v) is 4.32. The van der Waals surface area contributed by atoms with Crippen LogP contribution >= 0.6 is 0 Å². The number of carbonyl (C=O) groups is 3. The Labute approximate surface area is 177 Å². The zero-order valence-corrected chi connectivity index (χ0v) is 17.1. The maximum absolute atomic E-state index is 13.4. The van der Waals surface area contributed by atoms with E-state index in [-0.39, 0.29) is 11.5 Å². The quantitative estimate of drug-likeness (QED) is 0.586. The molecule has 2 N–H and O–H groups in total. The van der Waals surface area contributed by atoms with Crippen molar-refractivity contribution >= 4 is 40.1 Å². The van der Waals surface area contributed by atoms with Crippen LogP contribution in [0.5, 0.6) is 5.75 Å². The number of fused-ring (bicyclic) bond motifs is 1. The van der Waals surface area contributed by atoms with E-state index in [4.69, 9.17) is 9.47 Å². The van der Waals surface area contributed by atoms with Crippen LogP contribution in [0.1, 0.15) is 23.0 Å². The highest BCUT2D eigenvalue weighted by atomic mass is 19.1. The fourth-order valence-electron chi connectivity index (χ4n) is 2.93. The van der Waals surface area contributed by atoms with Crippen molar-refractivity contribution in [2.75, 3.05) is 24.4 Å². The van der Waals surface area contributed by atoms with Gasteiger partial charge in [0.25, 0.3) is 5.91 Å². The molecule has 1 aromatic heterocycles. The number of esters is 1. The predicted molar refractivity (Wildman–Crippen MR) is 113 cm³/mol. The first-order chi connectivity index (χ1) is 14.8. The normalized spacial score (nSPS) is 10.5. The van der Waals surface area contributed by atoms with Crippen LogP contribution in [0.2, 0.25) is 0 Å². The Balaban J connectivity index is 1.69. The monoisotopic (exact) mass is 425 g/mol. The fourth-order valence-corrected chi connectivity index (χ4v) is 2.93. The number of halogens is 1. The van der Waals surface area contributed by atoms with Gasteiger partial charge in [-0.1, -0.05) is 0 Å². The van der Waals surface area contributed by atoms with E-state index in [2.05, 4.69) is 15.6 Å². The lowest BCUT2D eigenvalue weighted by molar-refractivity contribution is -0.119. The second-order valence-electron chi connectivity index (χ2n) is 6.68. The summed E-state index contributed by atoms with van der Waals surface area (Å²) in [7, 11) is 1.43. The van der Waals surface area contributed by atoms with Crippen molar-refractivity contribution in [2.24, 2.45) is 0 Å². The van der Waals surface area contributed by atoms with Gasteiger partial charge in [-0.05, 0) is 43.3 Å². The average Bonchev–Trinajstić information content (AvgIpc) is 2.71. The van der Waals surface area contributed by atoms with Crippen LogP contribution in [0.15, 0.2) is 42.5 Å². The Bertz CT molecular complexity index is 1180. The van der Waals surface area contributed by atoms with Crippen LogP contribution in [0.4, 0.5) is 15.8 Å². The molecule has 0 aliphatic carbocycles. The maximum Gasteiger partial charge on any atom is 0.340 e. The number of aryl methyl sites for hydroxylation is 1. The molecule has 0 unspecified atom stereocenters. The van der Waals surface area contributed by atoms with E-state index >= 15 is 0 Å². The van der Waals surface area contributed by atoms with Crippen molar-refractivity contribution in [1.82, 2.24) is 4.98 Å². The molecule has 0 saturated heterocycles. The number of nitrogens with zero attached hydrogens (tertiary/aromatic N) is 1. The van der Waals surface area contributed by atoms with Crippen molar-refractivity contribution in [1.29, 1.82) is 0 Å². The third kappa shape index (κ3) is 5.33. The number of anilines is 2. The summed E-state index contributed by atoms with van der Waals surface area (Å²) in [5, 5.41) is 5.76. The zero-order valence-electron chi connectivity index (χ0n) is 17.1. The van der Waals surface area contributed by atoms with Crippen molar-refractivity contribution in [3.8, 4) is 5.75 Å². The van der Waals surface area contributed by atoms with Crippen molar-refractivity contribution in [2.45, 2.75) is 13.8 Å². The molecule has 0 radical (unpaired) electrons. The Morgan fingerprint density at radius 3 is 2.55 bits per heavy atom. The standard InChI is InChI=1S/C22H20FN3O5/c1-12-17(8-14-4-5-15(23)9-18(14)24-12)22(29)31-11-21(28)26-19-10-16(25-13(2)27)6-7-20(19)30-3/h4-10H,11H2,1-3H3,(H,25,27)(H,26,28). The van der Waals surface area contributed by atoms with Gasteiger partial charge in [-0.15, -0.1) is 0 Å². The van der Waals surface area contributed by atoms with Gasteiger partial charge in [0, 0.05) is 24.1 Å². The average molecular weight is 425 g/mol. The highest BCUT2D eigenvalue weighted by Gasteiger charge is 2.16. The van der Waals surface area contributed by atoms with E-state index in [1.165, 1.54) is 44.4 Å². The molecule has 3 rings (SSSR count). The number of rotatable bonds is 6. The van der Waals surface area contributed by atoms with Crippen LogP contribution in [0, 0.1) is 12.7 Å². The largest absolute Gasteiger partial charge is 0.495 e. The lowest BCUT2D eigenvalue weighted by Crippen LogP contribution is -2.22. The van der Waals surface area contributed by atoms with Crippen molar-refractivity contribution in [3.63, 3.8) is 0 Å². The second-order valence-corrected chi connectivity index (χ2v) is 6.68. The number of pyridine rings is 1. The molecular weight excluding hydrogens is 405 g/mol. The number of nitrogens with one attached hydrogen (secondary N) is 2. The van der Waals surface area contributed by atoms with Crippen molar-refractivity contribution < 1.29 is 28.2 Å². The summed E-state index contributed by atoms with van der Waals surface area (Å²) in [4.78, 5) is 40.2. The van der Waals surface area contributed by atoms with Gasteiger partial charge in [0.05, 0.1) is 29.6 Å². The Morgan fingerprint density at radius 1 is 1.06 bits per heavy atom. The fraction of sp³-hybridized carbons (Fsp3) is 0.182. The summed E-state index contributed by atoms with van der Waals surface area (Å²) in [6.45, 7) is 2.41. The molecule has 0 fully saturated rings. The summed E-state index contributed by atoms with van der Waals surface area (Å²) in [6, 6.07) is 10.3. The number of ether oxygens (including phenoxy) is 2. The lowest BCUT2D eigenvalue weighted by Gasteiger charge is -2.13. The van der Waals surface area contributed by atoms with Gasteiger partial charge in [0.15, 0.2) is 6.61 Å². The summed E-state index contributed by atoms with van der Waals surface area (Å²) in [5.41, 5.74) is 1.72. The summed E-state index contributed by atoms with van der Waals surface area (Å²) in [5.74, 6) is -1.65. The minimum Gasteiger partial charge on any atom is -0.495 e. The first-order valence-electron chi connectivity index (χ1n) is 9.26. The van der Waals surface area contributed by atoms with E-state index in [1.54, 1.807) is 19.1 Å². The molecule has 0 aliphatic heterocycles. The van der Waals surface area contributed by atoms with Crippen LogP contribution in [0.25, 0.3) is 10.9 Å². The molecule has 1 heterocycles.